The fourth-order valence-corrected chi connectivity index (χ4v) is 3.80. The normalized spacial score (nSPS) is 17.5. The molecule has 0 aliphatic carbocycles. The average molecular weight is 426 g/mol. The Hall–Kier alpha value is -1.41. The molecule has 1 N–H and O–H groups in total. The van der Waals surface area contributed by atoms with Gasteiger partial charge in [-0.3, -0.25) is 9.59 Å². The van der Waals surface area contributed by atoms with Gasteiger partial charge in [-0.25, -0.2) is 0 Å². The number of thiophene rings is 1. The first-order chi connectivity index (χ1) is 10.7. The molecular weight excluding hydrogens is 411 g/mol. The van der Waals surface area contributed by atoms with Gasteiger partial charge in [-0.05, 0) is 59.0 Å². The fraction of sp³-hybridized carbons (Fsp3) is 0.250. The zero-order valence-electron chi connectivity index (χ0n) is 11.8. The predicted molar refractivity (Wildman–Crippen MR) is 96.2 cm³/mol. The standard InChI is InChI=1S/C16H15IN2O2S/c17-11-5-1-2-6-12(11)18-15(20)13-7-3-9-19(13)16(21)14-8-4-10-22-14/h1-2,4-6,8,10,13H,3,7,9H2,(H,18,20). The van der Waals surface area contributed by atoms with Crippen molar-refractivity contribution < 1.29 is 9.59 Å². The number of halogens is 1. The van der Waals surface area contributed by atoms with Crippen LogP contribution in [-0.4, -0.2) is 29.3 Å². The van der Waals surface area contributed by atoms with Gasteiger partial charge >= 0.3 is 0 Å². The van der Waals surface area contributed by atoms with Crippen molar-refractivity contribution in [2.45, 2.75) is 18.9 Å². The first-order valence-corrected chi connectivity index (χ1v) is 9.02. The number of benzene rings is 1. The minimum atomic E-state index is -0.384. The van der Waals surface area contributed by atoms with Crippen LogP contribution in [0.5, 0.6) is 0 Å². The summed E-state index contributed by atoms with van der Waals surface area (Å²) in [4.78, 5) is 27.4. The van der Waals surface area contributed by atoms with Crippen LogP contribution in [-0.2, 0) is 4.79 Å². The molecule has 1 unspecified atom stereocenters. The Bertz CT molecular complexity index is 687. The maximum Gasteiger partial charge on any atom is 0.264 e. The zero-order chi connectivity index (χ0) is 15.5. The third-order valence-corrected chi connectivity index (χ3v) is 5.48. The zero-order valence-corrected chi connectivity index (χ0v) is 14.8. The van der Waals surface area contributed by atoms with Crippen molar-refractivity contribution in [2.24, 2.45) is 0 Å². The molecule has 2 amide bonds. The Balaban J connectivity index is 1.74. The molecule has 1 atom stereocenters. The summed E-state index contributed by atoms with van der Waals surface area (Å²) in [5.74, 6) is -0.151. The molecule has 22 heavy (non-hydrogen) atoms. The number of para-hydroxylation sites is 1. The summed E-state index contributed by atoms with van der Waals surface area (Å²) in [6, 6.07) is 10.9. The molecule has 3 rings (SSSR count). The molecule has 1 aliphatic heterocycles. The van der Waals surface area contributed by atoms with Gasteiger partial charge in [0.25, 0.3) is 5.91 Å². The second kappa shape index (κ2) is 6.78. The molecule has 0 spiro atoms. The van der Waals surface area contributed by atoms with Crippen LogP contribution in [0.25, 0.3) is 0 Å². The van der Waals surface area contributed by atoms with Gasteiger partial charge in [0.1, 0.15) is 6.04 Å². The van der Waals surface area contributed by atoms with E-state index in [1.54, 1.807) is 11.0 Å². The number of hydrogen-bond acceptors (Lipinski definition) is 3. The van der Waals surface area contributed by atoms with E-state index in [9.17, 15) is 9.59 Å². The Kier molecular flexibility index (Phi) is 4.77. The Morgan fingerprint density at radius 1 is 1.23 bits per heavy atom. The molecule has 1 fully saturated rings. The molecule has 4 nitrogen and oxygen atoms in total. The van der Waals surface area contributed by atoms with E-state index in [-0.39, 0.29) is 17.9 Å². The fourth-order valence-electron chi connectivity index (χ4n) is 2.60. The van der Waals surface area contributed by atoms with Crippen LogP contribution in [0.15, 0.2) is 41.8 Å². The van der Waals surface area contributed by atoms with Gasteiger partial charge in [-0.1, -0.05) is 18.2 Å². The van der Waals surface area contributed by atoms with Crippen LogP contribution in [0.3, 0.4) is 0 Å². The van der Waals surface area contributed by atoms with Crippen molar-refractivity contribution >= 4 is 51.4 Å². The van der Waals surface area contributed by atoms with Crippen molar-refractivity contribution in [3.8, 4) is 0 Å². The number of carbonyl (C=O) groups excluding carboxylic acids is 2. The molecule has 0 saturated carbocycles. The van der Waals surface area contributed by atoms with Gasteiger partial charge < -0.3 is 10.2 Å². The Morgan fingerprint density at radius 3 is 2.77 bits per heavy atom. The van der Waals surface area contributed by atoms with E-state index in [2.05, 4.69) is 27.9 Å². The summed E-state index contributed by atoms with van der Waals surface area (Å²) in [7, 11) is 0. The van der Waals surface area contributed by atoms with Crippen molar-refractivity contribution in [1.29, 1.82) is 0 Å². The Labute approximate surface area is 146 Å². The SMILES string of the molecule is O=C(Nc1ccccc1I)C1CCCN1C(=O)c1cccs1. The smallest absolute Gasteiger partial charge is 0.264 e. The third kappa shape index (κ3) is 3.17. The maximum atomic E-state index is 12.5. The third-order valence-electron chi connectivity index (χ3n) is 3.68. The summed E-state index contributed by atoms with van der Waals surface area (Å²) in [5.41, 5.74) is 0.795. The minimum absolute atomic E-state index is 0.0459. The highest BCUT2D eigenvalue weighted by Gasteiger charge is 2.35. The average Bonchev–Trinajstić information content (AvgIpc) is 3.20. The molecule has 1 aromatic heterocycles. The highest BCUT2D eigenvalue weighted by Crippen LogP contribution is 2.24. The molecule has 1 aromatic carbocycles. The van der Waals surface area contributed by atoms with Crippen LogP contribution in [0.4, 0.5) is 5.69 Å². The number of anilines is 1. The molecule has 2 aromatic rings. The van der Waals surface area contributed by atoms with Crippen LogP contribution in [0.2, 0.25) is 0 Å². The number of nitrogens with zero attached hydrogens (tertiary/aromatic N) is 1. The maximum absolute atomic E-state index is 12.5. The molecule has 6 heteroatoms. The van der Waals surface area contributed by atoms with Crippen LogP contribution in [0, 0.1) is 3.57 Å². The molecule has 0 radical (unpaired) electrons. The lowest BCUT2D eigenvalue weighted by Crippen LogP contribution is -2.43. The summed E-state index contributed by atoms with van der Waals surface area (Å²) < 4.78 is 0.989. The highest BCUT2D eigenvalue weighted by molar-refractivity contribution is 14.1. The first-order valence-electron chi connectivity index (χ1n) is 7.06. The van der Waals surface area contributed by atoms with Crippen molar-refractivity contribution in [1.82, 2.24) is 4.90 Å². The van der Waals surface area contributed by atoms with Gasteiger partial charge in [0, 0.05) is 10.1 Å². The van der Waals surface area contributed by atoms with Crippen molar-refractivity contribution in [3.05, 3.63) is 50.2 Å². The van der Waals surface area contributed by atoms with Gasteiger partial charge in [-0.15, -0.1) is 11.3 Å². The summed E-state index contributed by atoms with van der Waals surface area (Å²) in [6.45, 7) is 0.640. The number of amides is 2. The van der Waals surface area contributed by atoms with Crippen LogP contribution in [0.1, 0.15) is 22.5 Å². The Morgan fingerprint density at radius 2 is 2.05 bits per heavy atom. The highest BCUT2D eigenvalue weighted by atomic mass is 127. The second-order valence-electron chi connectivity index (χ2n) is 5.10. The molecule has 0 bridgehead atoms. The summed E-state index contributed by atoms with van der Waals surface area (Å²) in [6.07, 6.45) is 1.58. The van der Waals surface area contributed by atoms with E-state index in [0.717, 1.165) is 15.7 Å². The predicted octanol–water partition coefficient (Wildman–Crippen LogP) is 3.60. The van der Waals surface area contributed by atoms with Gasteiger partial charge in [-0.2, -0.15) is 0 Å². The number of hydrogen-bond donors (Lipinski definition) is 1. The summed E-state index contributed by atoms with van der Waals surface area (Å²) >= 11 is 3.60. The van der Waals surface area contributed by atoms with E-state index < -0.39 is 0 Å². The molecule has 114 valence electrons. The molecule has 1 aliphatic rings. The van der Waals surface area contributed by atoms with Crippen LogP contribution < -0.4 is 5.32 Å². The van der Waals surface area contributed by atoms with E-state index in [1.165, 1.54) is 11.3 Å². The van der Waals surface area contributed by atoms with E-state index in [0.29, 0.717) is 17.8 Å². The number of likely N-dealkylation sites (tertiary alicyclic amines) is 1. The van der Waals surface area contributed by atoms with E-state index >= 15 is 0 Å². The van der Waals surface area contributed by atoms with Crippen LogP contribution >= 0.6 is 33.9 Å². The second-order valence-corrected chi connectivity index (χ2v) is 7.21. The lowest BCUT2D eigenvalue weighted by molar-refractivity contribution is -0.119. The molecule has 1 saturated heterocycles. The van der Waals surface area contributed by atoms with E-state index in [1.807, 2.05) is 35.7 Å². The topological polar surface area (TPSA) is 49.4 Å². The minimum Gasteiger partial charge on any atom is -0.326 e. The molecular formula is C16H15IN2O2S. The monoisotopic (exact) mass is 426 g/mol. The number of carbonyl (C=O) groups is 2. The summed E-state index contributed by atoms with van der Waals surface area (Å²) in [5, 5.41) is 4.83. The van der Waals surface area contributed by atoms with Gasteiger partial charge in [0.15, 0.2) is 0 Å². The van der Waals surface area contributed by atoms with Gasteiger partial charge in [0.2, 0.25) is 5.91 Å². The number of nitrogens with one attached hydrogen (secondary N) is 1. The van der Waals surface area contributed by atoms with E-state index in [4.69, 9.17) is 0 Å². The van der Waals surface area contributed by atoms with Gasteiger partial charge in [0.05, 0.1) is 10.6 Å². The molecule has 2 heterocycles. The lowest BCUT2D eigenvalue weighted by Gasteiger charge is -2.23. The van der Waals surface area contributed by atoms with Crippen molar-refractivity contribution in [2.75, 3.05) is 11.9 Å². The quantitative estimate of drug-likeness (QED) is 0.763. The van der Waals surface area contributed by atoms with Crippen molar-refractivity contribution in [3.63, 3.8) is 0 Å². The number of rotatable bonds is 3. The lowest BCUT2D eigenvalue weighted by atomic mass is 10.2. The largest absolute Gasteiger partial charge is 0.326 e. The first kappa shape index (κ1) is 15.5.